The Bertz CT molecular complexity index is 501. The summed E-state index contributed by atoms with van der Waals surface area (Å²) in [6, 6.07) is 0. The van der Waals surface area contributed by atoms with Crippen molar-refractivity contribution < 1.29 is 10.2 Å². The fourth-order valence-corrected chi connectivity index (χ4v) is 5.59. The molecule has 1 saturated carbocycles. The molecular formula is C23H41NO2S. The van der Waals surface area contributed by atoms with Crippen LogP contribution in [-0.4, -0.2) is 59.0 Å². The first kappa shape index (κ1) is 23.0. The maximum absolute atomic E-state index is 10.5. The minimum absolute atomic E-state index is 0.218. The van der Waals surface area contributed by atoms with E-state index < -0.39 is 5.60 Å². The van der Waals surface area contributed by atoms with Crippen molar-refractivity contribution in [3.05, 3.63) is 23.8 Å². The maximum atomic E-state index is 10.5. The van der Waals surface area contributed by atoms with Crippen LogP contribution in [0.4, 0.5) is 0 Å². The second-order valence-electron chi connectivity index (χ2n) is 9.14. The number of aliphatic hydroxyl groups excluding tert-OH is 1. The van der Waals surface area contributed by atoms with E-state index in [1.165, 1.54) is 17.9 Å². The van der Waals surface area contributed by atoms with Crippen LogP contribution in [-0.2, 0) is 0 Å². The number of fused-ring (bicyclic) bond motifs is 1. The van der Waals surface area contributed by atoms with Gasteiger partial charge < -0.3 is 15.1 Å². The Morgan fingerprint density at radius 3 is 2.81 bits per heavy atom. The van der Waals surface area contributed by atoms with Gasteiger partial charge in [-0.25, -0.2) is 0 Å². The van der Waals surface area contributed by atoms with Crippen molar-refractivity contribution in [3.63, 3.8) is 0 Å². The molecule has 0 aromatic rings. The molecule has 0 aliphatic heterocycles. The highest BCUT2D eigenvalue weighted by molar-refractivity contribution is 7.99. The molecule has 2 aliphatic carbocycles. The summed E-state index contributed by atoms with van der Waals surface area (Å²) in [6.45, 7) is 5.24. The van der Waals surface area contributed by atoms with Crippen molar-refractivity contribution in [1.29, 1.82) is 0 Å². The number of hydrogen-bond donors (Lipinski definition) is 2. The summed E-state index contributed by atoms with van der Waals surface area (Å²) in [5.41, 5.74) is 0.987. The maximum Gasteiger partial charge on any atom is 0.0654 e. The van der Waals surface area contributed by atoms with E-state index in [2.05, 4.69) is 44.1 Å². The molecule has 5 atom stereocenters. The fourth-order valence-electron chi connectivity index (χ4n) is 4.48. The van der Waals surface area contributed by atoms with Crippen LogP contribution in [0, 0.1) is 17.8 Å². The van der Waals surface area contributed by atoms with Crippen molar-refractivity contribution in [3.8, 4) is 0 Å². The lowest BCUT2D eigenvalue weighted by Crippen LogP contribution is -2.23. The first-order valence-electron chi connectivity index (χ1n) is 10.8. The molecule has 0 heterocycles. The van der Waals surface area contributed by atoms with Gasteiger partial charge in [0.15, 0.2) is 0 Å². The van der Waals surface area contributed by atoms with Crippen LogP contribution in [0.1, 0.15) is 58.8 Å². The van der Waals surface area contributed by atoms with Crippen LogP contribution < -0.4 is 0 Å². The molecule has 0 saturated heterocycles. The van der Waals surface area contributed by atoms with Gasteiger partial charge in [-0.3, -0.25) is 0 Å². The van der Waals surface area contributed by atoms with E-state index in [1.54, 1.807) is 5.57 Å². The Morgan fingerprint density at radius 1 is 1.33 bits per heavy atom. The summed E-state index contributed by atoms with van der Waals surface area (Å²) < 4.78 is 0. The van der Waals surface area contributed by atoms with Crippen molar-refractivity contribution in [2.45, 2.75) is 70.5 Å². The molecule has 1 fully saturated rings. The smallest absolute Gasteiger partial charge is 0.0654 e. The number of unbranched alkanes of at least 4 members (excludes halogenated alkanes) is 1. The average molecular weight is 396 g/mol. The third-order valence-electron chi connectivity index (χ3n) is 6.19. The van der Waals surface area contributed by atoms with Gasteiger partial charge >= 0.3 is 0 Å². The average Bonchev–Trinajstić information content (AvgIpc) is 3.10. The van der Waals surface area contributed by atoms with E-state index in [4.69, 9.17) is 0 Å². The summed E-state index contributed by atoms with van der Waals surface area (Å²) in [4.78, 5) is 2.24. The zero-order valence-corrected chi connectivity index (χ0v) is 18.7. The SMILES string of the molecule is CCCC[C@](C)(O)C/C=C/[C@@H]1[C@H]2CC(CCSCCN(C)C)=C[C@H]2C[C@H]1O. The number of rotatable bonds is 12. The van der Waals surface area contributed by atoms with Crippen LogP contribution in [0.2, 0.25) is 0 Å². The minimum Gasteiger partial charge on any atom is -0.392 e. The Morgan fingerprint density at radius 2 is 2.11 bits per heavy atom. The van der Waals surface area contributed by atoms with Crippen molar-refractivity contribution >= 4 is 11.8 Å². The van der Waals surface area contributed by atoms with Gasteiger partial charge in [-0.1, -0.05) is 43.6 Å². The first-order chi connectivity index (χ1) is 12.8. The largest absolute Gasteiger partial charge is 0.392 e. The van der Waals surface area contributed by atoms with Gasteiger partial charge in [-0.05, 0) is 70.7 Å². The van der Waals surface area contributed by atoms with Gasteiger partial charge in [-0.15, -0.1) is 0 Å². The molecule has 0 radical (unpaired) electrons. The van der Waals surface area contributed by atoms with Gasteiger partial charge in [0.2, 0.25) is 0 Å². The lowest BCUT2D eigenvalue weighted by Gasteiger charge is -2.22. The monoisotopic (exact) mass is 395 g/mol. The van der Waals surface area contributed by atoms with Crippen LogP contribution in [0.5, 0.6) is 0 Å². The van der Waals surface area contributed by atoms with Crippen LogP contribution in [0.3, 0.4) is 0 Å². The number of allylic oxidation sites excluding steroid dienone is 2. The Labute approximate surface area is 171 Å². The quantitative estimate of drug-likeness (QED) is 0.377. The van der Waals surface area contributed by atoms with Crippen molar-refractivity contribution in [1.82, 2.24) is 4.90 Å². The predicted molar refractivity (Wildman–Crippen MR) is 118 cm³/mol. The summed E-state index contributed by atoms with van der Waals surface area (Å²) in [6.07, 6.45) is 13.6. The van der Waals surface area contributed by atoms with E-state index in [-0.39, 0.29) is 12.0 Å². The molecule has 0 amide bonds. The van der Waals surface area contributed by atoms with Crippen LogP contribution >= 0.6 is 11.8 Å². The molecule has 0 aromatic carbocycles. The number of hydrogen-bond acceptors (Lipinski definition) is 4. The van der Waals surface area contributed by atoms with Crippen LogP contribution in [0.15, 0.2) is 23.8 Å². The Balaban J connectivity index is 1.77. The summed E-state index contributed by atoms with van der Waals surface area (Å²) in [5.74, 6) is 3.79. The minimum atomic E-state index is -0.613. The summed E-state index contributed by atoms with van der Waals surface area (Å²) >= 11 is 2.05. The van der Waals surface area contributed by atoms with E-state index in [1.807, 2.05) is 18.7 Å². The zero-order chi connectivity index (χ0) is 19.9. The third-order valence-corrected chi connectivity index (χ3v) is 7.15. The lowest BCUT2D eigenvalue weighted by atomic mass is 9.88. The summed E-state index contributed by atoms with van der Waals surface area (Å²) in [7, 11) is 4.26. The van der Waals surface area contributed by atoms with Gasteiger partial charge in [0.25, 0.3) is 0 Å². The van der Waals surface area contributed by atoms with Gasteiger partial charge in [0.1, 0.15) is 0 Å². The normalized spacial score (nSPS) is 30.1. The molecule has 2 rings (SSSR count). The molecular weight excluding hydrogens is 354 g/mol. The van der Waals surface area contributed by atoms with Gasteiger partial charge in [-0.2, -0.15) is 11.8 Å². The molecule has 2 aliphatic rings. The van der Waals surface area contributed by atoms with E-state index >= 15 is 0 Å². The molecule has 27 heavy (non-hydrogen) atoms. The number of aliphatic hydroxyl groups is 2. The highest BCUT2D eigenvalue weighted by Crippen LogP contribution is 2.48. The number of thioether (sulfide) groups is 1. The number of nitrogens with zero attached hydrogens (tertiary/aromatic N) is 1. The molecule has 4 heteroatoms. The van der Waals surface area contributed by atoms with E-state index in [9.17, 15) is 10.2 Å². The second kappa shape index (κ2) is 11.0. The molecule has 0 unspecified atom stereocenters. The zero-order valence-electron chi connectivity index (χ0n) is 17.9. The van der Waals surface area contributed by atoms with Crippen LogP contribution in [0.25, 0.3) is 0 Å². The van der Waals surface area contributed by atoms with Gasteiger partial charge in [0, 0.05) is 18.2 Å². The molecule has 156 valence electrons. The topological polar surface area (TPSA) is 43.7 Å². The van der Waals surface area contributed by atoms with E-state index in [0.717, 1.165) is 38.6 Å². The Kier molecular flexibility index (Phi) is 9.40. The molecule has 0 spiro atoms. The van der Waals surface area contributed by atoms with Crippen molar-refractivity contribution in [2.24, 2.45) is 17.8 Å². The first-order valence-corrected chi connectivity index (χ1v) is 12.0. The fraction of sp³-hybridized carbons (Fsp3) is 0.826. The second-order valence-corrected chi connectivity index (χ2v) is 10.4. The molecule has 0 aromatic heterocycles. The lowest BCUT2D eigenvalue weighted by molar-refractivity contribution is 0.0513. The molecule has 0 bridgehead atoms. The van der Waals surface area contributed by atoms with Crippen molar-refractivity contribution in [2.75, 3.05) is 32.1 Å². The predicted octanol–water partition coefficient (Wildman–Crippen LogP) is 4.50. The Hall–Kier alpha value is -0.290. The van der Waals surface area contributed by atoms with E-state index in [0.29, 0.717) is 18.3 Å². The molecule has 3 nitrogen and oxygen atoms in total. The highest BCUT2D eigenvalue weighted by Gasteiger charge is 2.43. The van der Waals surface area contributed by atoms with Gasteiger partial charge in [0.05, 0.1) is 11.7 Å². The third kappa shape index (κ3) is 7.56. The molecule has 2 N–H and O–H groups in total. The summed E-state index contributed by atoms with van der Waals surface area (Å²) in [5, 5.41) is 21.0. The standard InChI is InChI=1S/C23H41NO2S/c1-5-6-10-23(2,26)11-7-8-20-21-16-18(15-19(21)17-22(20)25)9-13-27-14-12-24(3)4/h7-8,15,19-22,25-26H,5-6,9-14,16-17H2,1-4H3/b8-7+/t19-,20+,21-,22+,23-/m0/s1. The highest BCUT2D eigenvalue weighted by atomic mass is 32.2.